The summed E-state index contributed by atoms with van der Waals surface area (Å²) < 4.78 is 34.4. The van der Waals surface area contributed by atoms with E-state index in [1.807, 2.05) is 21.1 Å². The van der Waals surface area contributed by atoms with Gasteiger partial charge in [-0.1, -0.05) is 232 Å². The van der Waals surface area contributed by atoms with Gasteiger partial charge in [0.05, 0.1) is 27.7 Å². The second kappa shape index (κ2) is 43.3. The maximum absolute atomic E-state index is 12.7. The van der Waals surface area contributed by atoms with Gasteiger partial charge in [0.25, 0.3) is 0 Å². The Balaban J connectivity index is 4.12. The smallest absolute Gasteiger partial charge is 0.462 e. The minimum absolute atomic E-state index is 0.0370. The first-order valence-corrected chi connectivity index (χ1v) is 27.3. The zero-order chi connectivity index (χ0) is 44.3. The van der Waals surface area contributed by atoms with Crippen molar-refractivity contribution in [3.63, 3.8) is 0 Å². The second-order valence-electron chi connectivity index (χ2n) is 18.9. The number of likely N-dealkylation sites (N-methyl/N-ethyl adjacent to an activating group) is 1. The van der Waals surface area contributed by atoms with Gasteiger partial charge in [0, 0.05) is 12.8 Å². The Bertz CT molecular complexity index is 990. The Morgan fingerprint density at radius 2 is 0.750 bits per heavy atom. The lowest BCUT2D eigenvalue weighted by atomic mass is 10.0. The summed E-state index contributed by atoms with van der Waals surface area (Å²) in [5.74, 6) is -0.780. The van der Waals surface area contributed by atoms with Crippen molar-refractivity contribution in [2.24, 2.45) is 0 Å². The van der Waals surface area contributed by atoms with E-state index in [0.29, 0.717) is 17.4 Å². The molecule has 0 aliphatic rings. The van der Waals surface area contributed by atoms with Gasteiger partial charge in [0.1, 0.15) is 19.8 Å². The van der Waals surface area contributed by atoms with Crippen LogP contribution in [-0.2, 0) is 32.7 Å². The number of hydrogen-bond donors (Lipinski definition) is 1. The van der Waals surface area contributed by atoms with Gasteiger partial charge >= 0.3 is 19.8 Å². The fourth-order valence-electron chi connectivity index (χ4n) is 7.61. The van der Waals surface area contributed by atoms with E-state index in [0.717, 1.165) is 38.5 Å². The molecule has 60 heavy (non-hydrogen) atoms. The fourth-order valence-corrected chi connectivity index (χ4v) is 8.35. The van der Waals surface area contributed by atoms with Crippen LogP contribution in [0.25, 0.3) is 0 Å². The molecule has 0 saturated carbocycles. The van der Waals surface area contributed by atoms with E-state index >= 15 is 0 Å². The van der Waals surface area contributed by atoms with E-state index < -0.39 is 26.5 Å². The van der Waals surface area contributed by atoms with Crippen molar-refractivity contribution in [2.75, 3.05) is 47.5 Å². The molecule has 0 aliphatic heterocycles. The number of ether oxygens (including phenoxy) is 2. The van der Waals surface area contributed by atoms with Crippen LogP contribution >= 0.6 is 7.82 Å². The van der Waals surface area contributed by atoms with Crippen molar-refractivity contribution >= 4 is 19.8 Å². The second-order valence-corrected chi connectivity index (χ2v) is 20.4. The summed E-state index contributed by atoms with van der Waals surface area (Å²) in [5.41, 5.74) is 0. The largest absolute Gasteiger partial charge is 0.472 e. The van der Waals surface area contributed by atoms with E-state index in [2.05, 4.69) is 13.8 Å². The lowest BCUT2D eigenvalue weighted by Gasteiger charge is -2.24. The standard InChI is InChI=1S/C50H100NO8P/c1-6-8-10-12-14-16-18-20-21-22-23-24-25-26-27-28-29-30-31-33-35-37-39-41-43-50(53)59-48(47-58-60(54,55)57-45-44-51(3,4)5)46-56-49(52)42-40-38-36-34-32-19-17-15-13-11-9-7-2/h48H,6-47H2,1-5H3/p+1. The molecule has 2 atom stereocenters. The molecule has 0 spiro atoms. The zero-order valence-corrected chi connectivity index (χ0v) is 41.4. The summed E-state index contributed by atoms with van der Waals surface area (Å²) in [6, 6.07) is 0. The molecule has 0 bridgehead atoms. The van der Waals surface area contributed by atoms with E-state index in [4.69, 9.17) is 18.5 Å². The number of carbonyl (C=O) groups excluding carboxylic acids is 2. The topological polar surface area (TPSA) is 108 Å². The van der Waals surface area contributed by atoms with Crippen molar-refractivity contribution in [3.8, 4) is 0 Å². The van der Waals surface area contributed by atoms with E-state index in [1.165, 1.54) is 193 Å². The molecule has 0 amide bonds. The van der Waals surface area contributed by atoms with Crippen LogP contribution in [0.3, 0.4) is 0 Å². The van der Waals surface area contributed by atoms with E-state index in [1.54, 1.807) is 0 Å². The summed E-state index contributed by atoms with van der Waals surface area (Å²) in [6.07, 6.45) is 45.9. The van der Waals surface area contributed by atoms with Gasteiger partial charge in [-0.25, -0.2) is 4.57 Å². The maximum atomic E-state index is 12.7. The summed E-state index contributed by atoms with van der Waals surface area (Å²) >= 11 is 0. The van der Waals surface area contributed by atoms with Crippen LogP contribution in [-0.4, -0.2) is 74.9 Å². The Kier molecular flexibility index (Phi) is 42.6. The van der Waals surface area contributed by atoms with Crippen molar-refractivity contribution in [1.82, 2.24) is 0 Å². The van der Waals surface area contributed by atoms with Crippen molar-refractivity contribution in [1.29, 1.82) is 0 Å². The summed E-state index contributed by atoms with van der Waals surface area (Å²) in [4.78, 5) is 35.5. The zero-order valence-electron chi connectivity index (χ0n) is 40.5. The molecule has 0 rings (SSSR count). The SMILES string of the molecule is CCCCCCCCCCCCCCCCCCCCCCCCCCC(=O)OC(COC(=O)CCCCCCCCCCCCCC)COP(=O)(O)OCC[N+](C)(C)C. The highest BCUT2D eigenvalue weighted by molar-refractivity contribution is 7.47. The number of unbranched alkanes of at least 4 members (excludes halogenated alkanes) is 34. The number of nitrogens with zero attached hydrogens (tertiary/aromatic N) is 1. The number of esters is 2. The van der Waals surface area contributed by atoms with Gasteiger partial charge in [0.2, 0.25) is 0 Å². The molecule has 0 aliphatic carbocycles. The number of carbonyl (C=O) groups is 2. The molecule has 0 radical (unpaired) electrons. The average Bonchev–Trinajstić information content (AvgIpc) is 3.20. The number of hydrogen-bond acceptors (Lipinski definition) is 7. The molecule has 358 valence electrons. The number of phosphoric acid groups is 1. The predicted molar refractivity (Wildman–Crippen MR) is 252 cm³/mol. The first kappa shape index (κ1) is 59.0. The van der Waals surface area contributed by atoms with Gasteiger partial charge < -0.3 is 18.9 Å². The molecule has 9 nitrogen and oxygen atoms in total. The average molecular weight is 875 g/mol. The van der Waals surface area contributed by atoms with Gasteiger partial charge in [-0.05, 0) is 12.8 Å². The highest BCUT2D eigenvalue weighted by atomic mass is 31.2. The minimum Gasteiger partial charge on any atom is -0.462 e. The van der Waals surface area contributed by atoms with Gasteiger partial charge in [-0.3, -0.25) is 18.6 Å². The third kappa shape index (κ3) is 46.5. The third-order valence-electron chi connectivity index (χ3n) is 11.6. The molecule has 1 N–H and O–H groups in total. The Morgan fingerprint density at radius 3 is 1.07 bits per heavy atom. The van der Waals surface area contributed by atoms with Gasteiger partial charge in [0.15, 0.2) is 6.10 Å². The number of phosphoric ester groups is 1. The van der Waals surface area contributed by atoms with Crippen LogP contribution < -0.4 is 0 Å². The van der Waals surface area contributed by atoms with Crippen LogP contribution in [0.2, 0.25) is 0 Å². The molecule has 0 saturated heterocycles. The lowest BCUT2D eigenvalue weighted by Crippen LogP contribution is -2.37. The highest BCUT2D eigenvalue weighted by Crippen LogP contribution is 2.43. The molecular weight excluding hydrogens is 774 g/mol. The highest BCUT2D eigenvalue weighted by Gasteiger charge is 2.27. The number of rotatable bonds is 48. The van der Waals surface area contributed by atoms with Crippen LogP contribution in [0.15, 0.2) is 0 Å². The maximum Gasteiger partial charge on any atom is 0.472 e. The Labute approximate surface area is 372 Å². The third-order valence-corrected chi connectivity index (χ3v) is 12.6. The van der Waals surface area contributed by atoms with Crippen LogP contribution in [0, 0.1) is 0 Å². The summed E-state index contributed by atoms with van der Waals surface area (Å²) in [5, 5.41) is 0. The predicted octanol–water partition coefficient (Wildman–Crippen LogP) is 15.1. The van der Waals surface area contributed by atoms with Gasteiger partial charge in [-0.2, -0.15) is 0 Å². The van der Waals surface area contributed by atoms with Crippen LogP contribution in [0.4, 0.5) is 0 Å². The quantitative estimate of drug-likeness (QED) is 0.0279. The van der Waals surface area contributed by atoms with Crippen LogP contribution in [0.5, 0.6) is 0 Å². The fraction of sp³-hybridized carbons (Fsp3) is 0.960. The van der Waals surface area contributed by atoms with Gasteiger partial charge in [-0.15, -0.1) is 0 Å². The normalized spacial score (nSPS) is 13.4. The molecule has 0 heterocycles. The molecule has 0 aromatic heterocycles. The van der Waals surface area contributed by atoms with Crippen molar-refractivity contribution < 1.29 is 42.1 Å². The first-order valence-electron chi connectivity index (χ1n) is 25.8. The Morgan fingerprint density at radius 1 is 0.450 bits per heavy atom. The molecule has 0 aromatic carbocycles. The van der Waals surface area contributed by atoms with Crippen molar-refractivity contribution in [2.45, 2.75) is 264 Å². The molecule has 10 heteroatoms. The molecule has 0 fully saturated rings. The van der Waals surface area contributed by atoms with E-state index in [-0.39, 0.29) is 25.6 Å². The first-order chi connectivity index (χ1) is 29.0. The van der Waals surface area contributed by atoms with E-state index in [9.17, 15) is 19.0 Å². The number of quaternary nitrogens is 1. The van der Waals surface area contributed by atoms with Crippen LogP contribution in [0.1, 0.15) is 258 Å². The Hall–Kier alpha value is -0.990. The molecular formula is C50H101NO8P+. The summed E-state index contributed by atoms with van der Waals surface area (Å²) in [7, 11) is 1.50. The lowest BCUT2D eigenvalue weighted by molar-refractivity contribution is -0.870. The monoisotopic (exact) mass is 875 g/mol. The molecule has 2 unspecified atom stereocenters. The minimum atomic E-state index is -4.37. The van der Waals surface area contributed by atoms with Crippen molar-refractivity contribution in [3.05, 3.63) is 0 Å². The summed E-state index contributed by atoms with van der Waals surface area (Å²) in [6.45, 7) is 4.47. The molecule has 0 aromatic rings.